The molecule has 2 amide bonds. The SMILES string of the molecule is CC(C)(C)OC(=O)N1CCC[C@@H](CNS(=O)(=O)c2ccc([C@@H]3C[C@H]3C(=O)Cc3ccc4cncc(Cl)c4c3)cc2)C1.CC(C)(C)OC(=O)N1CCC[C@@H](CNS(=O)(=O)c2ccc([C@@H]3C[C@H]3C(=O)O)cc2)C1.Nc1ccc2cncc(Cl)c2c1.O=C(Cc1ccc2cncc(Cl)c2c1)[C@@H]1C[C@H]1c1ccc(S(=O)(=O)NCC2CCCCC2)cc1. The number of carboxylic acid groups (broad SMARTS) is 1. The van der Waals surface area contributed by atoms with Crippen LogP contribution in [0.5, 0.6) is 0 Å². The second-order valence-electron chi connectivity index (χ2n) is 33.6. The number of pyridine rings is 3. The Hall–Kier alpha value is -8.70. The Morgan fingerprint density at radius 1 is 0.444 bits per heavy atom. The van der Waals surface area contributed by atoms with Crippen LogP contribution in [-0.4, -0.2) is 142 Å². The number of nitrogens with zero attached hydrogens (tertiary/aromatic N) is 5. The van der Waals surface area contributed by atoms with Gasteiger partial charge in [0.25, 0.3) is 0 Å². The highest BCUT2D eigenvalue weighted by Crippen LogP contribution is 2.51. The van der Waals surface area contributed by atoms with E-state index >= 15 is 0 Å². The number of aliphatic carboxylic acids is 1. The number of nitrogens with two attached hydrogens (primary N) is 1. The zero-order chi connectivity index (χ0) is 83.7. The fourth-order valence-corrected chi connectivity index (χ4v) is 19.5. The number of ether oxygens (including phenoxy) is 2. The predicted octanol–water partition coefficient (Wildman–Crippen LogP) is 16.7. The van der Waals surface area contributed by atoms with Crippen LogP contribution in [0.25, 0.3) is 32.3 Å². The zero-order valence-corrected chi connectivity index (χ0v) is 71.3. The molecule has 29 heteroatoms. The third kappa shape index (κ3) is 24.1. The van der Waals surface area contributed by atoms with Gasteiger partial charge in [-0.15, -0.1) is 0 Å². The molecule has 0 radical (unpaired) electrons. The summed E-state index contributed by atoms with van der Waals surface area (Å²) in [5, 5.41) is 16.5. The van der Waals surface area contributed by atoms with Crippen LogP contribution in [0.3, 0.4) is 0 Å². The van der Waals surface area contributed by atoms with Gasteiger partial charge in [-0.3, -0.25) is 29.3 Å². The summed E-state index contributed by atoms with van der Waals surface area (Å²) in [5.41, 5.74) is 9.90. The number of sulfonamides is 3. The van der Waals surface area contributed by atoms with Crippen LogP contribution in [0.15, 0.2) is 179 Å². The number of fused-ring (bicyclic) bond motifs is 3. The van der Waals surface area contributed by atoms with Gasteiger partial charge in [-0.25, -0.2) is 49.0 Å². The number of carbonyl (C=O) groups excluding carboxylic acids is 4. The fraction of sp³-hybridized carbons (Fsp3) is 0.432. The summed E-state index contributed by atoms with van der Waals surface area (Å²) in [4.78, 5) is 77.7. The Balaban J connectivity index is 0.000000152. The van der Waals surface area contributed by atoms with E-state index in [9.17, 15) is 49.2 Å². The molecule has 4 aliphatic carbocycles. The summed E-state index contributed by atoms with van der Waals surface area (Å²) >= 11 is 18.4. The third-order valence-electron chi connectivity index (χ3n) is 22.2. The number of anilines is 1. The van der Waals surface area contributed by atoms with Crippen LogP contribution in [0.4, 0.5) is 15.3 Å². The van der Waals surface area contributed by atoms with Crippen LogP contribution in [-0.2, 0) is 66.8 Å². The fourth-order valence-electron chi connectivity index (χ4n) is 15.5. The highest BCUT2D eigenvalue weighted by atomic mass is 35.5. The van der Waals surface area contributed by atoms with E-state index in [2.05, 4.69) is 29.1 Å². The second-order valence-corrected chi connectivity index (χ2v) is 40.1. The maximum atomic E-state index is 13.0. The number of carbonyl (C=O) groups is 5. The Morgan fingerprint density at radius 3 is 1.14 bits per heavy atom. The number of nitrogens with one attached hydrogen (secondary N) is 3. The number of aromatic nitrogens is 3. The number of benzene rings is 6. The summed E-state index contributed by atoms with van der Waals surface area (Å²) in [6.45, 7) is 14.1. The lowest BCUT2D eigenvalue weighted by atomic mass is 9.90. The van der Waals surface area contributed by atoms with Gasteiger partial charge in [0.1, 0.15) is 22.8 Å². The lowest BCUT2D eigenvalue weighted by Crippen LogP contribution is -2.45. The number of rotatable bonds is 22. The number of likely N-dealkylation sites (tertiary alicyclic amines) is 2. The topological polar surface area (TPSA) is 334 Å². The van der Waals surface area contributed by atoms with Crippen molar-refractivity contribution in [2.75, 3.05) is 51.5 Å². The number of hydrogen-bond acceptors (Lipinski definition) is 17. The Morgan fingerprint density at radius 2 is 0.778 bits per heavy atom. The molecule has 117 heavy (non-hydrogen) atoms. The van der Waals surface area contributed by atoms with Crippen LogP contribution in [0, 0.1) is 35.5 Å². The number of ketones is 2. The Labute approximate surface area is 700 Å². The first kappa shape index (κ1) is 87.6. The normalized spacial score (nSPS) is 20.8. The van der Waals surface area contributed by atoms with Crippen molar-refractivity contribution >= 4 is 133 Å². The molecule has 0 spiro atoms. The van der Waals surface area contributed by atoms with Gasteiger partial charge in [-0.05, 0) is 223 Å². The van der Waals surface area contributed by atoms with Crippen molar-refractivity contribution < 1.29 is 63.8 Å². The van der Waals surface area contributed by atoms with Crippen molar-refractivity contribution in [3.8, 4) is 0 Å². The minimum Gasteiger partial charge on any atom is -0.481 e. The van der Waals surface area contributed by atoms with Gasteiger partial charge in [-0.1, -0.05) is 121 Å². The molecular weight excluding hydrogens is 1610 g/mol. The molecule has 9 aromatic rings. The molecule has 6 fully saturated rings. The van der Waals surface area contributed by atoms with E-state index in [1.165, 1.54) is 31.4 Å². The average molecular weight is 1710 g/mol. The van der Waals surface area contributed by atoms with Gasteiger partial charge in [0.15, 0.2) is 0 Å². The quantitative estimate of drug-likeness (QED) is 0.0394. The van der Waals surface area contributed by atoms with Crippen LogP contribution in [0.1, 0.15) is 164 Å². The van der Waals surface area contributed by atoms with Crippen molar-refractivity contribution in [2.24, 2.45) is 35.5 Å². The van der Waals surface area contributed by atoms with Crippen molar-refractivity contribution in [2.45, 2.75) is 175 Å². The smallest absolute Gasteiger partial charge is 0.410 e. The highest BCUT2D eigenvalue weighted by molar-refractivity contribution is 7.90. The van der Waals surface area contributed by atoms with Gasteiger partial charge in [0.2, 0.25) is 30.1 Å². The van der Waals surface area contributed by atoms with Gasteiger partial charge in [-0.2, -0.15) is 0 Å². The highest BCUT2D eigenvalue weighted by Gasteiger charge is 2.46. The number of carboxylic acids is 1. The molecule has 8 atom stereocenters. The van der Waals surface area contributed by atoms with Crippen LogP contribution >= 0.6 is 34.8 Å². The van der Waals surface area contributed by atoms with Crippen molar-refractivity contribution in [1.29, 1.82) is 0 Å². The molecule has 6 N–H and O–H groups in total. The lowest BCUT2D eigenvalue weighted by Gasteiger charge is -2.34. The molecule has 2 aliphatic heterocycles. The van der Waals surface area contributed by atoms with E-state index in [-0.39, 0.29) is 98.9 Å². The summed E-state index contributed by atoms with van der Waals surface area (Å²) in [5.74, 6) is -0.197. The summed E-state index contributed by atoms with van der Waals surface area (Å²) in [7, 11) is -10.9. The molecule has 0 unspecified atom stereocenters. The summed E-state index contributed by atoms with van der Waals surface area (Å²) in [6.07, 6.45) is 21.3. The molecule has 622 valence electrons. The summed E-state index contributed by atoms with van der Waals surface area (Å²) < 4.78 is 95.6. The maximum absolute atomic E-state index is 13.0. The molecule has 23 nitrogen and oxygen atoms in total. The van der Waals surface area contributed by atoms with E-state index in [1.807, 2.05) is 108 Å². The van der Waals surface area contributed by atoms with E-state index in [0.717, 1.165) is 117 Å². The van der Waals surface area contributed by atoms with Gasteiger partial charge >= 0.3 is 18.2 Å². The lowest BCUT2D eigenvalue weighted by molar-refractivity contribution is -0.138. The average Bonchev–Trinajstić information content (AvgIpc) is 1.64. The number of halogens is 3. The van der Waals surface area contributed by atoms with Crippen molar-refractivity contribution in [3.05, 3.63) is 207 Å². The van der Waals surface area contributed by atoms with Gasteiger partial charge in [0, 0.05) is 146 Å². The first-order valence-electron chi connectivity index (χ1n) is 39.9. The molecule has 6 aliphatic rings. The zero-order valence-electron chi connectivity index (χ0n) is 66.6. The second kappa shape index (κ2) is 37.7. The van der Waals surface area contributed by atoms with Crippen molar-refractivity contribution in [3.63, 3.8) is 0 Å². The maximum Gasteiger partial charge on any atom is 0.410 e. The first-order valence-corrected chi connectivity index (χ1v) is 45.5. The molecule has 2 saturated heterocycles. The van der Waals surface area contributed by atoms with Gasteiger partial charge < -0.3 is 30.1 Å². The monoisotopic (exact) mass is 1710 g/mol. The largest absolute Gasteiger partial charge is 0.481 e. The number of hydrogen-bond donors (Lipinski definition) is 5. The minimum absolute atomic E-state index is 0.0128. The van der Waals surface area contributed by atoms with E-state index in [0.29, 0.717) is 73.0 Å². The number of amides is 2. The first-order chi connectivity index (χ1) is 55.5. The molecule has 15 rings (SSSR count). The number of nitrogen functional groups attached to an aromatic ring is 1. The van der Waals surface area contributed by atoms with Crippen LogP contribution in [0.2, 0.25) is 15.1 Å². The van der Waals surface area contributed by atoms with E-state index in [4.69, 9.17) is 55.1 Å². The van der Waals surface area contributed by atoms with E-state index in [1.54, 1.807) is 95.5 Å². The van der Waals surface area contributed by atoms with Crippen LogP contribution < -0.4 is 19.9 Å². The molecular formula is C88H102Cl3N9O14S3. The molecule has 0 bridgehead atoms. The summed E-state index contributed by atoms with van der Waals surface area (Å²) in [6, 6.07) is 37.5. The minimum atomic E-state index is -3.71. The predicted molar refractivity (Wildman–Crippen MR) is 455 cm³/mol. The molecule has 6 aromatic carbocycles. The van der Waals surface area contributed by atoms with Gasteiger partial charge in [0.05, 0.1) is 35.7 Å². The van der Waals surface area contributed by atoms with E-state index < -0.39 is 47.2 Å². The molecule has 5 heterocycles. The standard InChI is InChI=1S/C31H36ClN3O5S.C27H29ClN2O3S.C21H30N2O6S.C9H7ClN2/c1-31(2,3)40-30(37)35-12-4-5-21(19-35)16-34-41(38,39)24-10-8-22(9-11-24)25-15-27(25)29(36)14-20-6-7-23-17-33-18-28(32)26(23)13-20;28-26-17-29-16-21-7-6-19(12-24(21)26)13-27(31)25-14-23(25)20-8-10-22(11-9-20)34(32,33)30-15-18-4-2-1-3-5-18;1-21(2,3)29-20(26)23-10-4-5-14(13-23)12-22-30(27,28)16-8-6-15(7-9-16)17-11-18(17)19(24)25;10-9-5-12-4-6-1-2-7(11)3-8(6)9/h6-11,13,17-18,21,25,27,34H,4-5,12,14-16,19H2,1-3H3;6-12,16-18,23,25,30H,1-5,13-15H2;6-9,14,17-18,22H,4-5,10-13H2,1-3H3,(H,24,25);1-5H,11H2/t21-,25-,27+;23-,25+;14-,17-,18+;/m000./s1. The third-order valence-corrected chi connectivity index (χ3v) is 27.4. The molecule has 4 saturated carbocycles. The van der Waals surface area contributed by atoms with Crippen molar-refractivity contribution in [1.82, 2.24) is 38.9 Å². The Bertz CT molecular complexity index is 5460. The number of piperidine rings is 2. The Kier molecular flexibility index (Phi) is 28.2. The molecule has 3 aromatic heterocycles. The number of Topliss-reactive ketones (excluding diaryl/α,β-unsaturated/α-hetero) is 2.